The van der Waals surface area contributed by atoms with Crippen molar-refractivity contribution in [2.75, 3.05) is 0 Å². The predicted molar refractivity (Wildman–Crippen MR) is 57.8 cm³/mol. The topological polar surface area (TPSA) is 23.8 Å². The fourth-order valence-corrected chi connectivity index (χ4v) is 1.28. The number of terminal acetylenes is 1. The Kier molecular flexibility index (Phi) is 2.63. The SMILES string of the molecule is C#Cc1ccc(C(C)(C)C#N)cc1C. The van der Waals surface area contributed by atoms with Gasteiger partial charge in [0.2, 0.25) is 0 Å². The van der Waals surface area contributed by atoms with Gasteiger partial charge in [0.1, 0.15) is 0 Å². The number of hydrogen-bond donors (Lipinski definition) is 0. The van der Waals surface area contributed by atoms with Crippen LogP contribution in [-0.4, -0.2) is 0 Å². The Morgan fingerprint density at radius 2 is 2.00 bits per heavy atom. The van der Waals surface area contributed by atoms with E-state index >= 15 is 0 Å². The molecular weight excluding hydrogens is 170 g/mol. The summed E-state index contributed by atoms with van der Waals surface area (Å²) < 4.78 is 0. The van der Waals surface area contributed by atoms with Gasteiger partial charge in [0.25, 0.3) is 0 Å². The highest BCUT2D eigenvalue weighted by molar-refractivity contribution is 5.44. The lowest BCUT2D eigenvalue weighted by Crippen LogP contribution is -2.13. The van der Waals surface area contributed by atoms with Crippen LogP contribution in [0.1, 0.15) is 30.5 Å². The number of hydrogen-bond acceptors (Lipinski definition) is 1. The van der Waals surface area contributed by atoms with Crippen molar-refractivity contribution >= 4 is 0 Å². The molecule has 1 aromatic rings. The van der Waals surface area contributed by atoms with Crippen LogP contribution in [0.15, 0.2) is 18.2 Å². The lowest BCUT2D eigenvalue weighted by atomic mass is 9.85. The van der Waals surface area contributed by atoms with E-state index in [9.17, 15) is 0 Å². The van der Waals surface area contributed by atoms with E-state index in [0.717, 1.165) is 16.7 Å². The molecular formula is C13H13N. The van der Waals surface area contributed by atoms with E-state index in [-0.39, 0.29) is 0 Å². The van der Waals surface area contributed by atoms with Crippen LogP contribution in [-0.2, 0) is 5.41 Å². The minimum absolute atomic E-state index is 0.447. The zero-order chi connectivity index (χ0) is 10.8. The summed E-state index contributed by atoms with van der Waals surface area (Å²) in [4.78, 5) is 0. The van der Waals surface area contributed by atoms with Gasteiger partial charge in [-0.05, 0) is 38.0 Å². The van der Waals surface area contributed by atoms with Crippen molar-refractivity contribution in [1.82, 2.24) is 0 Å². The second-order valence-corrected chi connectivity index (χ2v) is 3.91. The Hall–Kier alpha value is -1.73. The Balaban J connectivity index is 3.25. The maximum Gasteiger partial charge on any atom is 0.0766 e. The fraction of sp³-hybridized carbons (Fsp3) is 0.308. The van der Waals surface area contributed by atoms with Crippen LogP contribution in [0.5, 0.6) is 0 Å². The summed E-state index contributed by atoms with van der Waals surface area (Å²) in [5.74, 6) is 2.61. The molecule has 1 nitrogen and oxygen atoms in total. The maximum absolute atomic E-state index is 8.97. The number of nitriles is 1. The van der Waals surface area contributed by atoms with Crippen LogP contribution < -0.4 is 0 Å². The molecule has 0 N–H and O–H groups in total. The van der Waals surface area contributed by atoms with Crippen molar-refractivity contribution in [3.05, 3.63) is 34.9 Å². The molecule has 0 aromatic heterocycles. The van der Waals surface area contributed by atoms with Gasteiger partial charge in [-0.3, -0.25) is 0 Å². The van der Waals surface area contributed by atoms with Crippen molar-refractivity contribution in [2.24, 2.45) is 0 Å². The van der Waals surface area contributed by atoms with Gasteiger partial charge in [-0.25, -0.2) is 0 Å². The number of aryl methyl sites for hydroxylation is 1. The molecule has 0 radical (unpaired) electrons. The molecule has 0 spiro atoms. The molecule has 1 heteroatoms. The number of benzene rings is 1. The summed E-state index contributed by atoms with van der Waals surface area (Å²) in [7, 11) is 0. The van der Waals surface area contributed by atoms with Crippen molar-refractivity contribution in [1.29, 1.82) is 5.26 Å². The number of rotatable bonds is 1. The smallest absolute Gasteiger partial charge is 0.0766 e. The molecule has 0 fully saturated rings. The molecule has 1 rings (SSSR count). The molecule has 0 aliphatic rings. The zero-order valence-corrected chi connectivity index (χ0v) is 8.76. The maximum atomic E-state index is 8.97. The summed E-state index contributed by atoms with van der Waals surface area (Å²) in [6, 6.07) is 8.07. The molecule has 0 amide bonds. The Labute approximate surface area is 85.4 Å². The first kappa shape index (κ1) is 10.4. The average Bonchev–Trinajstić information content (AvgIpc) is 2.17. The minimum atomic E-state index is -0.447. The standard InChI is InChI=1S/C13H13N/c1-5-11-6-7-12(8-10(11)2)13(3,4)9-14/h1,6-8H,2-4H3. The predicted octanol–water partition coefficient (Wildman–Crippen LogP) is 2.78. The Morgan fingerprint density at radius 1 is 1.36 bits per heavy atom. The second kappa shape index (κ2) is 3.56. The second-order valence-electron chi connectivity index (χ2n) is 3.91. The van der Waals surface area contributed by atoms with Gasteiger partial charge in [-0.1, -0.05) is 18.1 Å². The van der Waals surface area contributed by atoms with Crippen LogP contribution in [0, 0.1) is 30.6 Å². The zero-order valence-electron chi connectivity index (χ0n) is 8.76. The van der Waals surface area contributed by atoms with E-state index in [0.29, 0.717) is 0 Å². The molecule has 0 saturated heterocycles. The normalized spacial score (nSPS) is 10.4. The van der Waals surface area contributed by atoms with Crippen molar-refractivity contribution in [2.45, 2.75) is 26.2 Å². The fourth-order valence-electron chi connectivity index (χ4n) is 1.28. The summed E-state index contributed by atoms with van der Waals surface area (Å²) >= 11 is 0. The van der Waals surface area contributed by atoms with Crippen LogP contribution >= 0.6 is 0 Å². The van der Waals surface area contributed by atoms with Crippen LogP contribution in [0.4, 0.5) is 0 Å². The van der Waals surface area contributed by atoms with Gasteiger partial charge in [-0.15, -0.1) is 6.42 Å². The molecule has 0 heterocycles. The lowest BCUT2D eigenvalue weighted by Gasteiger charge is -2.16. The van der Waals surface area contributed by atoms with E-state index in [4.69, 9.17) is 11.7 Å². The van der Waals surface area contributed by atoms with Gasteiger partial charge < -0.3 is 0 Å². The summed E-state index contributed by atoms with van der Waals surface area (Å²) in [6.07, 6.45) is 5.33. The third-order valence-electron chi connectivity index (χ3n) is 2.38. The van der Waals surface area contributed by atoms with Gasteiger partial charge in [0, 0.05) is 5.56 Å². The molecule has 0 unspecified atom stereocenters. The molecule has 0 bridgehead atoms. The van der Waals surface area contributed by atoms with Gasteiger partial charge in [-0.2, -0.15) is 5.26 Å². The molecule has 0 atom stereocenters. The first-order chi connectivity index (χ1) is 6.51. The van der Waals surface area contributed by atoms with Crippen LogP contribution in [0.25, 0.3) is 0 Å². The van der Waals surface area contributed by atoms with Crippen molar-refractivity contribution in [3.8, 4) is 18.4 Å². The van der Waals surface area contributed by atoms with Gasteiger partial charge in [0.15, 0.2) is 0 Å². The third-order valence-corrected chi connectivity index (χ3v) is 2.38. The van der Waals surface area contributed by atoms with Gasteiger partial charge >= 0.3 is 0 Å². The van der Waals surface area contributed by atoms with E-state index in [2.05, 4.69) is 12.0 Å². The lowest BCUT2D eigenvalue weighted by molar-refractivity contribution is 0.686. The highest BCUT2D eigenvalue weighted by Gasteiger charge is 2.19. The average molecular weight is 183 g/mol. The monoisotopic (exact) mass is 183 g/mol. The minimum Gasteiger partial charge on any atom is -0.197 e. The molecule has 0 saturated carbocycles. The van der Waals surface area contributed by atoms with Crippen molar-refractivity contribution in [3.63, 3.8) is 0 Å². The number of nitrogens with zero attached hydrogens (tertiary/aromatic N) is 1. The summed E-state index contributed by atoms with van der Waals surface area (Å²) in [5, 5.41) is 8.97. The first-order valence-electron chi connectivity index (χ1n) is 4.50. The van der Waals surface area contributed by atoms with Crippen molar-refractivity contribution < 1.29 is 0 Å². The quantitative estimate of drug-likeness (QED) is 0.614. The van der Waals surface area contributed by atoms with E-state index in [1.165, 1.54) is 0 Å². The largest absolute Gasteiger partial charge is 0.197 e. The third kappa shape index (κ3) is 1.78. The highest BCUT2D eigenvalue weighted by Crippen LogP contribution is 2.23. The molecule has 0 aliphatic heterocycles. The van der Waals surface area contributed by atoms with Gasteiger partial charge in [0.05, 0.1) is 11.5 Å². The highest BCUT2D eigenvalue weighted by atomic mass is 14.3. The van der Waals surface area contributed by atoms with Crippen LogP contribution in [0.3, 0.4) is 0 Å². The Morgan fingerprint density at radius 3 is 2.43 bits per heavy atom. The molecule has 1 aromatic carbocycles. The molecule has 70 valence electrons. The van der Waals surface area contributed by atoms with E-state index < -0.39 is 5.41 Å². The van der Waals surface area contributed by atoms with E-state index in [1.54, 1.807) is 0 Å². The molecule has 0 aliphatic carbocycles. The first-order valence-corrected chi connectivity index (χ1v) is 4.50. The molecule has 14 heavy (non-hydrogen) atoms. The van der Waals surface area contributed by atoms with E-state index in [1.807, 2.05) is 39.0 Å². The Bertz CT molecular complexity index is 428. The summed E-state index contributed by atoms with van der Waals surface area (Å²) in [6.45, 7) is 5.76. The summed E-state index contributed by atoms with van der Waals surface area (Å²) in [5.41, 5.74) is 2.50. The van der Waals surface area contributed by atoms with Crippen LogP contribution in [0.2, 0.25) is 0 Å².